The van der Waals surface area contributed by atoms with Crippen molar-refractivity contribution in [2.45, 2.75) is 25.9 Å². The number of nitrogens with zero attached hydrogens (tertiary/aromatic N) is 1. The fraction of sp³-hybridized carbons (Fsp3) is 0.286. The van der Waals surface area contributed by atoms with E-state index in [0.717, 1.165) is 16.4 Å². The Morgan fingerprint density at radius 1 is 1.26 bits per heavy atom. The number of para-hydroxylation sites is 1. The van der Waals surface area contributed by atoms with Crippen LogP contribution < -0.4 is 10.6 Å². The zero-order valence-electron chi connectivity index (χ0n) is 10.8. The minimum atomic E-state index is -0.244. The lowest BCUT2D eigenvalue weighted by atomic mass is 10.1. The van der Waals surface area contributed by atoms with Crippen LogP contribution in [0.3, 0.4) is 0 Å². The van der Waals surface area contributed by atoms with E-state index < -0.39 is 0 Å². The van der Waals surface area contributed by atoms with Gasteiger partial charge < -0.3 is 10.6 Å². The smallest absolute Gasteiger partial charge is 0.255 e. The fourth-order valence-corrected chi connectivity index (χ4v) is 2.91. The van der Waals surface area contributed by atoms with Crippen LogP contribution in [0.5, 0.6) is 0 Å². The van der Waals surface area contributed by atoms with Gasteiger partial charge in [-0.15, -0.1) is 11.3 Å². The van der Waals surface area contributed by atoms with Gasteiger partial charge in [0.15, 0.2) is 0 Å². The maximum atomic E-state index is 12.0. The van der Waals surface area contributed by atoms with Gasteiger partial charge in [0, 0.05) is 17.0 Å². The summed E-state index contributed by atoms with van der Waals surface area (Å²) in [6.45, 7) is 4.23. The zero-order chi connectivity index (χ0) is 13.4. The molecular weight excluding hydrogens is 258 g/mol. The zero-order valence-corrected chi connectivity index (χ0v) is 11.6. The third kappa shape index (κ3) is 2.21. The Kier molecular flexibility index (Phi) is 2.98. The molecule has 1 atom stereocenters. The van der Waals surface area contributed by atoms with Crippen LogP contribution in [0.4, 0.5) is 5.69 Å². The Balaban J connectivity index is 1.90. The van der Waals surface area contributed by atoms with Gasteiger partial charge in [-0.2, -0.15) is 0 Å². The topological polar surface area (TPSA) is 54.0 Å². The van der Waals surface area contributed by atoms with Crippen LogP contribution in [-0.4, -0.2) is 10.9 Å². The van der Waals surface area contributed by atoms with Crippen molar-refractivity contribution < 1.29 is 4.79 Å². The highest BCUT2D eigenvalue weighted by Crippen LogP contribution is 2.28. The molecule has 3 rings (SSSR count). The van der Waals surface area contributed by atoms with E-state index in [4.69, 9.17) is 0 Å². The predicted octanol–water partition coefficient (Wildman–Crippen LogP) is 3.12. The Bertz CT molecular complexity index is 621. The first-order chi connectivity index (χ1) is 9.15. The summed E-state index contributed by atoms with van der Waals surface area (Å²) in [5.41, 5.74) is 2.41. The first-order valence-corrected chi connectivity index (χ1v) is 7.15. The van der Waals surface area contributed by atoms with Crippen molar-refractivity contribution in [3.8, 4) is 0 Å². The molecular formula is C14H15N3OS. The van der Waals surface area contributed by atoms with E-state index in [1.54, 1.807) is 11.3 Å². The van der Waals surface area contributed by atoms with E-state index in [1.165, 1.54) is 0 Å². The molecule has 2 N–H and O–H groups in total. The Labute approximate surface area is 115 Å². The van der Waals surface area contributed by atoms with Gasteiger partial charge in [0.25, 0.3) is 5.91 Å². The summed E-state index contributed by atoms with van der Waals surface area (Å²) in [6.07, 6.45) is -0.244. The molecule has 0 radical (unpaired) electrons. The summed E-state index contributed by atoms with van der Waals surface area (Å²) in [5, 5.41) is 9.33. The van der Waals surface area contributed by atoms with Crippen molar-refractivity contribution in [2.24, 2.45) is 0 Å². The van der Waals surface area contributed by atoms with Gasteiger partial charge in [0.05, 0.1) is 16.3 Å². The number of hydrogen-bond acceptors (Lipinski definition) is 4. The number of fused-ring (bicyclic) bond motifs is 1. The second kappa shape index (κ2) is 4.66. The summed E-state index contributed by atoms with van der Waals surface area (Å²) >= 11 is 1.63. The molecule has 1 aliphatic rings. The van der Waals surface area contributed by atoms with Gasteiger partial charge in [0.1, 0.15) is 6.17 Å². The predicted molar refractivity (Wildman–Crippen MR) is 76.5 cm³/mol. The van der Waals surface area contributed by atoms with Gasteiger partial charge in [-0.05, 0) is 12.1 Å². The molecule has 1 aromatic carbocycles. The van der Waals surface area contributed by atoms with Gasteiger partial charge >= 0.3 is 0 Å². The van der Waals surface area contributed by atoms with Crippen LogP contribution in [0, 0.1) is 0 Å². The fourth-order valence-electron chi connectivity index (χ4n) is 2.05. The molecule has 0 fully saturated rings. The largest absolute Gasteiger partial charge is 0.360 e. The number of nitrogens with one attached hydrogen (secondary N) is 2. The molecule has 19 heavy (non-hydrogen) atoms. The normalized spacial score (nSPS) is 17.8. The summed E-state index contributed by atoms with van der Waals surface area (Å²) in [5.74, 6) is 0.351. The van der Waals surface area contributed by atoms with Gasteiger partial charge in [0.2, 0.25) is 0 Å². The molecule has 0 aliphatic carbocycles. The van der Waals surface area contributed by atoms with Crippen molar-refractivity contribution in [2.75, 3.05) is 5.32 Å². The number of anilines is 1. The average Bonchev–Trinajstić information content (AvgIpc) is 2.88. The molecule has 2 aromatic rings. The van der Waals surface area contributed by atoms with Crippen LogP contribution in [0.2, 0.25) is 0 Å². The highest BCUT2D eigenvalue weighted by atomic mass is 32.1. The number of thiazole rings is 1. The standard InChI is InChI=1S/C14H15N3OS/c1-8(2)14-16-11(7-19-14)12-15-10-6-4-3-5-9(10)13(18)17-12/h3-8,12,15H,1-2H3,(H,17,18)/t12-/m0/s1. The molecule has 5 heteroatoms. The number of benzene rings is 1. The Hall–Kier alpha value is -1.88. The van der Waals surface area contributed by atoms with Crippen molar-refractivity contribution in [3.05, 3.63) is 45.9 Å². The van der Waals surface area contributed by atoms with Crippen molar-refractivity contribution >= 4 is 22.9 Å². The number of carbonyl (C=O) groups is 1. The molecule has 98 valence electrons. The molecule has 0 saturated heterocycles. The van der Waals surface area contributed by atoms with E-state index in [-0.39, 0.29) is 12.1 Å². The van der Waals surface area contributed by atoms with Crippen LogP contribution in [0.15, 0.2) is 29.6 Å². The Morgan fingerprint density at radius 2 is 2.05 bits per heavy atom. The number of rotatable bonds is 2. The lowest BCUT2D eigenvalue weighted by Gasteiger charge is -2.26. The molecule has 1 amide bonds. The summed E-state index contributed by atoms with van der Waals surface area (Å²) in [4.78, 5) is 16.6. The number of aromatic nitrogens is 1. The molecule has 4 nitrogen and oxygen atoms in total. The second-order valence-corrected chi connectivity index (χ2v) is 5.75. The van der Waals surface area contributed by atoms with E-state index in [9.17, 15) is 4.79 Å². The summed E-state index contributed by atoms with van der Waals surface area (Å²) in [7, 11) is 0. The minimum absolute atomic E-state index is 0.0570. The van der Waals surface area contributed by atoms with E-state index >= 15 is 0 Å². The quantitative estimate of drug-likeness (QED) is 0.884. The van der Waals surface area contributed by atoms with E-state index in [1.807, 2.05) is 29.6 Å². The highest BCUT2D eigenvalue weighted by Gasteiger charge is 2.25. The highest BCUT2D eigenvalue weighted by molar-refractivity contribution is 7.09. The molecule has 0 saturated carbocycles. The number of amides is 1. The van der Waals surface area contributed by atoms with Gasteiger partial charge in [-0.25, -0.2) is 4.98 Å². The van der Waals surface area contributed by atoms with Crippen molar-refractivity contribution in [3.63, 3.8) is 0 Å². The third-order valence-corrected chi connectivity index (χ3v) is 4.24. The van der Waals surface area contributed by atoms with Crippen LogP contribution in [0.1, 0.15) is 47.0 Å². The average molecular weight is 273 g/mol. The van der Waals surface area contributed by atoms with Gasteiger partial charge in [-0.3, -0.25) is 4.79 Å². The molecule has 0 bridgehead atoms. The first kappa shape index (κ1) is 12.2. The van der Waals surface area contributed by atoms with Crippen molar-refractivity contribution in [1.82, 2.24) is 10.3 Å². The second-order valence-electron chi connectivity index (χ2n) is 4.86. The number of carbonyl (C=O) groups excluding carboxylic acids is 1. The maximum absolute atomic E-state index is 12.0. The van der Waals surface area contributed by atoms with Crippen LogP contribution >= 0.6 is 11.3 Å². The van der Waals surface area contributed by atoms with Crippen LogP contribution in [0.25, 0.3) is 0 Å². The molecule has 0 unspecified atom stereocenters. The third-order valence-electron chi connectivity index (χ3n) is 3.08. The molecule has 1 aliphatic heterocycles. The van der Waals surface area contributed by atoms with Crippen LogP contribution in [-0.2, 0) is 0 Å². The monoisotopic (exact) mass is 273 g/mol. The minimum Gasteiger partial charge on any atom is -0.360 e. The lowest BCUT2D eigenvalue weighted by Crippen LogP contribution is -2.38. The number of hydrogen-bond donors (Lipinski definition) is 2. The van der Waals surface area contributed by atoms with E-state index in [2.05, 4.69) is 29.5 Å². The summed E-state index contributed by atoms with van der Waals surface area (Å²) < 4.78 is 0. The molecule has 0 spiro atoms. The SMILES string of the molecule is CC(C)c1nc([C@@H]2NC(=O)c3ccccc3N2)cs1. The molecule has 2 heterocycles. The molecule has 1 aromatic heterocycles. The first-order valence-electron chi connectivity index (χ1n) is 6.27. The van der Waals surface area contributed by atoms with E-state index in [0.29, 0.717) is 11.5 Å². The lowest BCUT2D eigenvalue weighted by molar-refractivity contribution is 0.0935. The maximum Gasteiger partial charge on any atom is 0.255 e. The van der Waals surface area contributed by atoms with Crippen molar-refractivity contribution in [1.29, 1.82) is 0 Å². The Morgan fingerprint density at radius 3 is 2.79 bits per heavy atom. The van der Waals surface area contributed by atoms with Gasteiger partial charge in [-0.1, -0.05) is 26.0 Å². The summed E-state index contributed by atoms with van der Waals surface area (Å²) in [6, 6.07) is 7.51.